The van der Waals surface area contributed by atoms with Crippen LogP contribution in [0.2, 0.25) is 5.02 Å². The van der Waals surface area contributed by atoms with Crippen LogP contribution in [0.3, 0.4) is 0 Å². The Labute approximate surface area is 139 Å². The second kappa shape index (κ2) is 7.65. The minimum absolute atomic E-state index is 0.171. The van der Waals surface area contributed by atoms with Gasteiger partial charge in [-0.25, -0.2) is 4.90 Å². The summed E-state index contributed by atoms with van der Waals surface area (Å²) in [7, 11) is 0. The van der Waals surface area contributed by atoms with E-state index >= 15 is 0 Å². The van der Waals surface area contributed by atoms with Crippen LogP contribution in [-0.2, 0) is 9.59 Å². The molecule has 1 fully saturated rings. The Morgan fingerprint density at radius 2 is 2.23 bits per heavy atom. The molecule has 1 N–H and O–H groups in total. The Kier molecular flexibility index (Phi) is 5.85. The van der Waals surface area contributed by atoms with Crippen LogP contribution in [0.25, 0.3) is 0 Å². The van der Waals surface area contributed by atoms with Crippen molar-refractivity contribution >= 4 is 46.0 Å². The van der Waals surface area contributed by atoms with Crippen molar-refractivity contribution in [2.45, 2.75) is 25.5 Å². The summed E-state index contributed by atoms with van der Waals surface area (Å²) in [4.78, 5) is 30.2. The molecule has 1 saturated heterocycles. The minimum atomic E-state index is -0.448. The lowest BCUT2D eigenvalue weighted by molar-refractivity contribution is -0.121. The van der Waals surface area contributed by atoms with E-state index in [0.29, 0.717) is 22.4 Å². The van der Waals surface area contributed by atoms with Gasteiger partial charge in [-0.3, -0.25) is 14.6 Å². The summed E-state index contributed by atoms with van der Waals surface area (Å²) in [6.45, 7) is 5.24. The lowest BCUT2D eigenvalue weighted by Gasteiger charge is -2.15. The quantitative estimate of drug-likeness (QED) is 0.520. The fraction of sp³-hybridized carbons (Fsp3) is 0.400. The molecule has 1 heterocycles. The third kappa shape index (κ3) is 3.81. The maximum Gasteiger partial charge on any atom is 0.247 e. The van der Waals surface area contributed by atoms with Gasteiger partial charge < -0.3 is 5.32 Å². The predicted octanol–water partition coefficient (Wildman–Crippen LogP) is 2.69. The monoisotopic (exact) mass is 339 g/mol. The zero-order valence-corrected chi connectivity index (χ0v) is 14.1. The molecule has 0 aromatic heterocycles. The van der Waals surface area contributed by atoms with Crippen LogP contribution >= 0.6 is 23.4 Å². The molecule has 22 heavy (non-hydrogen) atoms. The summed E-state index contributed by atoms with van der Waals surface area (Å²) in [5.74, 6) is -0.434. The number of nitrogens with zero attached hydrogens (tertiary/aromatic N) is 2. The van der Waals surface area contributed by atoms with Crippen molar-refractivity contribution in [3.63, 3.8) is 0 Å². The van der Waals surface area contributed by atoms with Crippen molar-refractivity contribution < 1.29 is 9.59 Å². The SMILES string of the molecule is CCN=C(NCC)SC1CC(=O)N(c2cccc(Cl)c2)C1=O. The van der Waals surface area contributed by atoms with E-state index in [4.69, 9.17) is 11.6 Å². The van der Waals surface area contributed by atoms with E-state index in [1.54, 1.807) is 24.3 Å². The van der Waals surface area contributed by atoms with E-state index in [1.807, 2.05) is 13.8 Å². The molecule has 0 radical (unpaired) electrons. The third-order valence-corrected chi connectivity index (χ3v) is 4.44. The highest BCUT2D eigenvalue weighted by Crippen LogP contribution is 2.31. The van der Waals surface area contributed by atoms with Gasteiger partial charge in [0.2, 0.25) is 11.8 Å². The van der Waals surface area contributed by atoms with Crippen LogP contribution < -0.4 is 10.2 Å². The second-order valence-corrected chi connectivity index (χ2v) is 6.30. The van der Waals surface area contributed by atoms with Gasteiger partial charge in [0.15, 0.2) is 5.17 Å². The van der Waals surface area contributed by atoms with E-state index in [0.717, 1.165) is 6.54 Å². The van der Waals surface area contributed by atoms with Crippen molar-refractivity contribution in [3.05, 3.63) is 29.3 Å². The minimum Gasteiger partial charge on any atom is -0.365 e. The molecule has 7 heteroatoms. The molecule has 0 spiro atoms. The van der Waals surface area contributed by atoms with Gasteiger partial charge in [-0.15, -0.1) is 0 Å². The van der Waals surface area contributed by atoms with Crippen LogP contribution in [0.5, 0.6) is 0 Å². The number of aliphatic imine (C=N–C) groups is 1. The number of rotatable bonds is 4. The van der Waals surface area contributed by atoms with Crippen molar-refractivity contribution in [1.82, 2.24) is 5.32 Å². The van der Waals surface area contributed by atoms with E-state index < -0.39 is 5.25 Å². The average Bonchev–Trinajstić information content (AvgIpc) is 2.74. The first-order valence-electron chi connectivity index (χ1n) is 7.14. The Morgan fingerprint density at radius 3 is 2.86 bits per heavy atom. The maximum atomic E-state index is 12.5. The van der Waals surface area contributed by atoms with Gasteiger partial charge in [0.05, 0.1) is 5.69 Å². The smallest absolute Gasteiger partial charge is 0.247 e. The molecule has 1 aromatic rings. The summed E-state index contributed by atoms with van der Waals surface area (Å²) >= 11 is 7.25. The highest BCUT2D eigenvalue weighted by molar-refractivity contribution is 8.15. The van der Waals surface area contributed by atoms with Crippen molar-refractivity contribution in [3.8, 4) is 0 Å². The first-order chi connectivity index (χ1) is 10.6. The fourth-order valence-electron chi connectivity index (χ4n) is 2.15. The number of carbonyl (C=O) groups is 2. The Balaban J connectivity index is 2.16. The van der Waals surface area contributed by atoms with E-state index in [1.165, 1.54) is 16.7 Å². The molecule has 0 bridgehead atoms. The van der Waals surface area contributed by atoms with E-state index in [9.17, 15) is 9.59 Å². The molecular formula is C15H18ClN3O2S. The largest absolute Gasteiger partial charge is 0.365 e. The van der Waals surface area contributed by atoms with Crippen LogP contribution in [-0.4, -0.2) is 35.3 Å². The Morgan fingerprint density at radius 1 is 1.45 bits per heavy atom. The van der Waals surface area contributed by atoms with Gasteiger partial charge >= 0.3 is 0 Å². The van der Waals surface area contributed by atoms with Gasteiger partial charge in [-0.05, 0) is 32.0 Å². The third-order valence-electron chi connectivity index (χ3n) is 3.06. The molecule has 1 aliphatic heterocycles. The fourth-order valence-corrected chi connectivity index (χ4v) is 3.46. The molecule has 1 unspecified atom stereocenters. The molecule has 0 aliphatic carbocycles. The maximum absolute atomic E-state index is 12.5. The molecule has 0 saturated carbocycles. The summed E-state index contributed by atoms with van der Waals surface area (Å²) < 4.78 is 0. The summed E-state index contributed by atoms with van der Waals surface area (Å²) in [5, 5.41) is 3.86. The molecule has 2 amide bonds. The number of nitrogens with one attached hydrogen (secondary N) is 1. The van der Waals surface area contributed by atoms with Crippen molar-refractivity contribution in [2.75, 3.05) is 18.0 Å². The molecule has 1 aromatic carbocycles. The van der Waals surface area contributed by atoms with E-state index in [2.05, 4.69) is 10.3 Å². The molecule has 2 rings (SSSR count). The standard InChI is InChI=1S/C15H18ClN3O2S/c1-3-17-15(18-4-2)22-12-9-13(20)19(14(12)21)11-7-5-6-10(16)8-11/h5-8,12H,3-4,9H2,1-2H3,(H,17,18). The number of amidine groups is 1. The Bertz CT molecular complexity index is 606. The Hall–Kier alpha value is -1.53. The van der Waals surface area contributed by atoms with Crippen molar-refractivity contribution in [1.29, 1.82) is 0 Å². The average molecular weight is 340 g/mol. The number of hydrogen-bond donors (Lipinski definition) is 1. The summed E-state index contributed by atoms with van der Waals surface area (Å²) in [6.07, 6.45) is 0.171. The number of imide groups is 1. The van der Waals surface area contributed by atoms with E-state index in [-0.39, 0.29) is 18.2 Å². The number of benzene rings is 1. The van der Waals surface area contributed by atoms with Crippen LogP contribution in [0.15, 0.2) is 29.3 Å². The first-order valence-corrected chi connectivity index (χ1v) is 8.39. The van der Waals surface area contributed by atoms with Gasteiger partial charge in [-0.1, -0.05) is 29.4 Å². The van der Waals surface area contributed by atoms with Crippen LogP contribution in [0.1, 0.15) is 20.3 Å². The highest BCUT2D eigenvalue weighted by Gasteiger charge is 2.40. The lowest BCUT2D eigenvalue weighted by atomic mass is 10.3. The number of thioether (sulfide) groups is 1. The number of carbonyl (C=O) groups excluding carboxylic acids is 2. The molecule has 1 atom stereocenters. The lowest BCUT2D eigenvalue weighted by Crippen LogP contribution is -2.32. The zero-order chi connectivity index (χ0) is 16.1. The van der Waals surface area contributed by atoms with Gasteiger partial charge in [-0.2, -0.15) is 0 Å². The molecule has 1 aliphatic rings. The number of amides is 2. The number of hydrogen-bond acceptors (Lipinski definition) is 4. The second-order valence-electron chi connectivity index (χ2n) is 4.67. The zero-order valence-electron chi connectivity index (χ0n) is 12.5. The number of anilines is 1. The van der Waals surface area contributed by atoms with Gasteiger partial charge in [0.1, 0.15) is 5.25 Å². The van der Waals surface area contributed by atoms with Crippen LogP contribution in [0.4, 0.5) is 5.69 Å². The number of halogens is 1. The van der Waals surface area contributed by atoms with Crippen molar-refractivity contribution in [2.24, 2.45) is 4.99 Å². The predicted molar refractivity (Wildman–Crippen MR) is 91.6 cm³/mol. The highest BCUT2D eigenvalue weighted by atomic mass is 35.5. The van der Waals surface area contributed by atoms with Gasteiger partial charge in [0, 0.05) is 24.5 Å². The summed E-state index contributed by atoms with van der Waals surface area (Å²) in [5.41, 5.74) is 0.517. The molecule has 5 nitrogen and oxygen atoms in total. The summed E-state index contributed by atoms with van der Waals surface area (Å²) in [6, 6.07) is 6.76. The van der Waals surface area contributed by atoms with Crippen LogP contribution in [0, 0.1) is 0 Å². The topological polar surface area (TPSA) is 61.8 Å². The van der Waals surface area contributed by atoms with Gasteiger partial charge in [0.25, 0.3) is 0 Å². The normalized spacial score (nSPS) is 19.0. The molecular weight excluding hydrogens is 322 g/mol. The first kappa shape index (κ1) is 16.8. The molecule has 118 valence electrons.